The number of alkyl halides is 1. The van der Waals surface area contributed by atoms with Crippen LogP contribution in [0.25, 0.3) is 0 Å². The van der Waals surface area contributed by atoms with Gasteiger partial charge in [0.1, 0.15) is 0 Å². The highest BCUT2D eigenvalue weighted by molar-refractivity contribution is 6.17. The Kier molecular flexibility index (Phi) is 5.13. The van der Waals surface area contributed by atoms with Crippen LogP contribution in [0.4, 0.5) is 17.2 Å². The van der Waals surface area contributed by atoms with E-state index in [0.717, 1.165) is 36.2 Å². The van der Waals surface area contributed by atoms with Crippen molar-refractivity contribution in [2.45, 2.75) is 32.2 Å². The number of halogens is 1. The first-order valence-corrected chi connectivity index (χ1v) is 8.50. The molecule has 0 unspecified atom stereocenters. The van der Waals surface area contributed by atoms with Gasteiger partial charge >= 0.3 is 0 Å². The number of pyridine rings is 1. The summed E-state index contributed by atoms with van der Waals surface area (Å²) in [6.45, 7) is 0.685. The molecule has 0 saturated carbocycles. The lowest BCUT2D eigenvalue weighted by atomic mass is 10.1. The molecule has 1 amide bonds. The van der Waals surface area contributed by atoms with E-state index < -0.39 is 0 Å². The SMILES string of the molecule is O=C(CCCCCCl)N1c2ccccc2CNc2cccnc21. The van der Waals surface area contributed by atoms with Crippen LogP contribution in [0, 0.1) is 0 Å². The lowest BCUT2D eigenvalue weighted by Crippen LogP contribution is -2.27. The minimum atomic E-state index is 0.0793. The fraction of sp³-hybridized carbons (Fsp3) is 0.333. The van der Waals surface area contributed by atoms with E-state index in [0.29, 0.717) is 24.7 Å². The fourth-order valence-corrected chi connectivity index (χ4v) is 3.00. The van der Waals surface area contributed by atoms with Gasteiger partial charge in [-0.05, 0) is 36.6 Å². The molecule has 23 heavy (non-hydrogen) atoms. The largest absolute Gasteiger partial charge is 0.378 e. The molecule has 1 aromatic heterocycles. The molecule has 0 fully saturated rings. The van der Waals surface area contributed by atoms with Gasteiger partial charge in [-0.2, -0.15) is 0 Å². The third-order valence-electron chi connectivity index (χ3n) is 3.97. The molecule has 3 rings (SSSR count). The van der Waals surface area contributed by atoms with Crippen molar-refractivity contribution in [1.82, 2.24) is 4.98 Å². The minimum Gasteiger partial charge on any atom is -0.378 e. The first-order chi connectivity index (χ1) is 11.3. The monoisotopic (exact) mass is 329 g/mol. The van der Waals surface area contributed by atoms with Crippen molar-refractivity contribution in [3.05, 3.63) is 48.2 Å². The predicted molar refractivity (Wildman–Crippen MR) is 94.3 cm³/mol. The molecule has 0 bridgehead atoms. The summed E-state index contributed by atoms with van der Waals surface area (Å²) in [7, 11) is 0. The van der Waals surface area contributed by atoms with Gasteiger partial charge in [0.15, 0.2) is 5.82 Å². The van der Waals surface area contributed by atoms with Gasteiger partial charge in [-0.25, -0.2) is 4.98 Å². The van der Waals surface area contributed by atoms with Crippen LogP contribution in [0.5, 0.6) is 0 Å². The summed E-state index contributed by atoms with van der Waals surface area (Å²) in [5.74, 6) is 1.41. The number of benzene rings is 1. The normalized spacial score (nSPS) is 12.8. The molecule has 1 aliphatic rings. The molecule has 4 nitrogen and oxygen atoms in total. The molecule has 1 aliphatic heterocycles. The van der Waals surface area contributed by atoms with E-state index in [1.807, 2.05) is 36.4 Å². The summed E-state index contributed by atoms with van der Waals surface area (Å²) in [6, 6.07) is 11.8. The number of unbranched alkanes of at least 4 members (excludes halogenated alkanes) is 2. The molecule has 0 aliphatic carbocycles. The number of hydrogen-bond acceptors (Lipinski definition) is 3. The van der Waals surface area contributed by atoms with Crippen molar-refractivity contribution in [2.75, 3.05) is 16.1 Å². The molecular formula is C18H20ClN3O. The Morgan fingerprint density at radius 1 is 1.17 bits per heavy atom. The molecule has 1 aromatic carbocycles. The van der Waals surface area contributed by atoms with Crippen LogP contribution in [0.2, 0.25) is 0 Å². The van der Waals surface area contributed by atoms with Crippen LogP contribution in [-0.4, -0.2) is 16.8 Å². The molecule has 0 saturated heterocycles. The maximum Gasteiger partial charge on any atom is 0.232 e. The van der Waals surface area contributed by atoms with E-state index in [4.69, 9.17) is 11.6 Å². The third-order valence-corrected chi connectivity index (χ3v) is 4.24. The number of rotatable bonds is 5. The van der Waals surface area contributed by atoms with Crippen molar-refractivity contribution < 1.29 is 4.79 Å². The second-order valence-corrected chi connectivity index (χ2v) is 5.96. The van der Waals surface area contributed by atoms with Crippen molar-refractivity contribution in [3.63, 3.8) is 0 Å². The average molecular weight is 330 g/mol. The van der Waals surface area contributed by atoms with E-state index in [-0.39, 0.29) is 5.91 Å². The van der Waals surface area contributed by atoms with E-state index in [1.54, 1.807) is 11.1 Å². The molecule has 5 heteroatoms. The molecule has 0 radical (unpaired) electrons. The number of amides is 1. The van der Waals surface area contributed by atoms with Crippen LogP contribution < -0.4 is 10.2 Å². The van der Waals surface area contributed by atoms with Crippen molar-refractivity contribution in [2.24, 2.45) is 0 Å². The predicted octanol–water partition coefficient (Wildman–Crippen LogP) is 4.47. The Balaban J connectivity index is 1.92. The fourth-order valence-electron chi connectivity index (χ4n) is 2.81. The summed E-state index contributed by atoms with van der Waals surface area (Å²) in [6.07, 6.45) is 4.99. The van der Waals surface area contributed by atoms with Crippen LogP contribution in [-0.2, 0) is 11.3 Å². The number of fused-ring (bicyclic) bond motifs is 2. The summed E-state index contributed by atoms with van der Waals surface area (Å²) in [5, 5.41) is 3.37. The lowest BCUT2D eigenvalue weighted by Gasteiger charge is -2.23. The average Bonchev–Trinajstić information content (AvgIpc) is 2.75. The maximum atomic E-state index is 12.9. The highest BCUT2D eigenvalue weighted by Gasteiger charge is 2.26. The van der Waals surface area contributed by atoms with Crippen LogP contribution >= 0.6 is 11.6 Å². The van der Waals surface area contributed by atoms with Gasteiger partial charge in [0.2, 0.25) is 5.91 Å². The topological polar surface area (TPSA) is 45.2 Å². The molecular weight excluding hydrogens is 310 g/mol. The molecule has 0 spiro atoms. The van der Waals surface area contributed by atoms with Gasteiger partial charge < -0.3 is 5.32 Å². The number of nitrogens with zero attached hydrogens (tertiary/aromatic N) is 2. The second kappa shape index (κ2) is 7.47. The summed E-state index contributed by atoms with van der Waals surface area (Å²) in [5.41, 5.74) is 2.90. The zero-order valence-electron chi connectivity index (χ0n) is 13.0. The van der Waals surface area contributed by atoms with Crippen LogP contribution in [0.3, 0.4) is 0 Å². The number of anilines is 3. The Morgan fingerprint density at radius 2 is 2.04 bits per heavy atom. The van der Waals surface area contributed by atoms with Crippen LogP contribution in [0.1, 0.15) is 31.2 Å². The van der Waals surface area contributed by atoms with Gasteiger partial charge in [0.25, 0.3) is 0 Å². The standard InChI is InChI=1S/C18H20ClN3O/c19-11-5-1-2-10-17(23)22-16-9-4-3-7-14(16)13-21-15-8-6-12-20-18(15)22/h3-4,6-9,12,21H,1-2,5,10-11,13H2. The van der Waals surface area contributed by atoms with E-state index in [1.165, 1.54) is 0 Å². The maximum absolute atomic E-state index is 12.9. The highest BCUT2D eigenvalue weighted by Crippen LogP contribution is 2.36. The molecule has 0 atom stereocenters. The Labute approximate surface area is 141 Å². The van der Waals surface area contributed by atoms with Gasteiger partial charge in [0, 0.05) is 25.0 Å². The van der Waals surface area contributed by atoms with E-state index in [9.17, 15) is 4.79 Å². The van der Waals surface area contributed by atoms with Gasteiger partial charge in [0.05, 0.1) is 11.4 Å². The molecule has 2 heterocycles. The Hall–Kier alpha value is -2.07. The van der Waals surface area contributed by atoms with Crippen molar-refractivity contribution in [1.29, 1.82) is 0 Å². The first-order valence-electron chi connectivity index (χ1n) is 7.97. The Morgan fingerprint density at radius 3 is 2.91 bits per heavy atom. The third kappa shape index (κ3) is 3.48. The smallest absolute Gasteiger partial charge is 0.232 e. The number of aromatic nitrogens is 1. The summed E-state index contributed by atoms with van der Waals surface area (Å²) >= 11 is 5.71. The molecule has 1 N–H and O–H groups in total. The summed E-state index contributed by atoms with van der Waals surface area (Å²) in [4.78, 5) is 19.1. The van der Waals surface area contributed by atoms with Gasteiger partial charge in [-0.15, -0.1) is 11.6 Å². The number of nitrogens with one attached hydrogen (secondary N) is 1. The number of para-hydroxylation sites is 1. The van der Waals surface area contributed by atoms with Crippen LogP contribution in [0.15, 0.2) is 42.6 Å². The molecule has 120 valence electrons. The van der Waals surface area contributed by atoms with Crippen molar-refractivity contribution >= 4 is 34.7 Å². The zero-order valence-corrected chi connectivity index (χ0v) is 13.7. The van der Waals surface area contributed by atoms with Gasteiger partial charge in [-0.3, -0.25) is 9.69 Å². The zero-order chi connectivity index (χ0) is 16.1. The quantitative estimate of drug-likeness (QED) is 0.650. The minimum absolute atomic E-state index is 0.0793. The number of hydrogen-bond donors (Lipinski definition) is 1. The van der Waals surface area contributed by atoms with Crippen molar-refractivity contribution in [3.8, 4) is 0 Å². The highest BCUT2D eigenvalue weighted by atomic mass is 35.5. The first kappa shape index (κ1) is 15.8. The number of carbonyl (C=O) groups excluding carboxylic acids is 1. The summed E-state index contributed by atoms with van der Waals surface area (Å²) < 4.78 is 0. The van der Waals surface area contributed by atoms with E-state index >= 15 is 0 Å². The second-order valence-electron chi connectivity index (χ2n) is 5.59. The molecule has 2 aromatic rings. The Bertz CT molecular complexity index is 642. The lowest BCUT2D eigenvalue weighted by molar-refractivity contribution is -0.118. The number of carbonyl (C=O) groups is 1. The van der Waals surface area contributed by atoms with Gasteiger partial charge in [-0.1, -0.05) is 24.6 Å². The van der Waals surface area contributed by atoms with E-state index in [2.05, 4.69) is 10.3 Å².